The Morgan fingerprint density at radius 2 is 1.95 bits per heavy atom. The molecular formula is C16H13BrN2. The van der Waals surface area contributed by atoms with Crippen molar-refractivity contribution in [2.24, 2.45) is 0 Å². The van der Waals surface area contributed by atoms with Gasteiger partial charge in [0, 0.05) is 39.7 Å². The standard InChI is InChI=1S/C16H13BrN2/c17-12-5-6-14-13(10-12)16-9-11-3-1-2-4-15(11)19(16)8-7-18-14/h1-6,9-10,18H,7-8H2. The summed E-state index contributed by atoms with van der Waals surface area (Å²) in [5.74, 6) is 0. The summed E-state index contributed by atoms with van der Waals surface area (Å²) < 4.78 is 3.52. The molecule has 2 heterocycles. The lowest BCUT2D eigenvalue weighted by atomic mass is 10.1. The van der Waals surface area contributed by atoms with Crippen LogP contribution >= 0.6 is 15.9 Å². The van der Waals surface area contributed by atoms with E-state index in [0.29, 0.717) is 0 Å². The van der Waals surface area contributed by atoms with Gasteiger partial charge in [0.15, 0.2) is 0 Å². The van der Waals surface area contributed by atoms with Crippen molar-refractivity contribution in [3.05, 3.63) is 53.0 Å². The Morgan fingerprint density at radius 3 is 2.89 bits per heavy atom. The molecular weight excluding hydrogens is 300 g/mol. The van der Waals surface area contributed by atoms with Crippen LogP contribution in [0.1, 0.15) is 0 Å². The molecule has 19 heavy (non-hydrogen) atoms. The number of aromatic nitrogens is 1. The first-order valence-corrected chi connectivity index (χ1v) is 7.24. The lowest BCUT2D eigenvalue weighted by Gasteiger charge is -2.08. The summed E-state index contributed by atoms with van der Waals surface area (Å²) in [5, 5.41) is 4.82. The fourth-order valence-corrected chi connectivity index (χ4v) is 3.22. The molecule has 3 aromatic rings. The van der Waals surface area contributed by atoms with Crippen LogP contribution in [0.25, 0.3) is 22.2 Å². The molecule has 0 saturated heterocycles. The molecule has 1 aromatic heterocycles. The highest BCUT2D eigenvalue weighted by atomic mass is 79.9. The van der Waals surface area contributed by atoms with E-state index in [0.717, 1.165) is 17.6 Å². The van der Waals surface area contributed by atoms with E-state index in [1.54, 1.807) is 0 Å². The number of nitrogens with one attached hydrogen (secondary N) is 1. The van der Waals surface area contributed by atoms with Gasteiger partial charge in [-0.15, -0.1) is 0 Å². The molecule has 0 radical (unpaired) electrons. The molecule has 0 atom stereocenters. The molecule has 94 valence electrons. The van der Waals surface area contributed by atoms with Gasteiger partial charge in [-0.05, 0) is 30.3 Å². The third-order valence-corrected chi connectivity index (χ3v) is 4.21. The zero-order valence-electron chi connectivity index (χ0n) is 10.4. The number of benzene rings is 2. The zero-order valence-corrected chi connectivity index (χ0v) is 11.9. The molecule has 4 rings (SSSR count). The molecule has 1 aliphatic heterocycles. The molecule has 0 amide bonds. The first-order valence-electron chi connectivity index (χ1n) is 6.45. The molecule has 1 N–H and O–H groups in total. The van der Waals surface area contributed by atoms with Crippen LogP contribution in [0, 0.1) is 0 Å². The van der Waals surface area contributed by atoms with Crippen LogP contribution in [0.4, 0.5) is 5.69 Å². The van der Waals surface area contributed by atoms with Gasteiger partial charge in [-0.2, -0.15) is 0 Å². The molecule has 2 nitrogen and oxygen atoms in total. The van der Waals surface area contributed by atoms with Gasteiger partial charge >= 0.3 is 0 Å². The van der Waals surface area contributed by atoms with Gasteiger partial charge in [-0.25, -0.2) is 0 Å². The second-order valence-electron chi connectivity index (χ2n) is 4.86. The molecule has 2 aromatic carbocycles. The third kappa shape index (κ3) is 1.69. The van der Waals surface area contributed by atoms with Crippen molar-refractivity contribution in [1.82, 2.24) is 4.57 Å². The van der Waals surface area contributed by atoms with Gasteiger partial charge in [0.05, 0.1) is 5.69 Å². The fourth-order valence-electron chi connectivity index (χ4n) is 2.86. The summed E-state index contributed by atoms with van der Waals surface area (Å²) in [7, 11) is 0. The van der Waals surface area contributed by atoms with Gasteiger partial charge in [-0.1, -0.05) is 34.1 Å². The van der Waals surface area contributed by atoms with Crippen molar-refractivity contribution in [2.75, 3.05) is 11.9 Å². The van der Waals surface area contributed by atoms with E-state index in [4.69, 9.17) is 0 Å². The fraction of sp³-hybridized carbons (Fsp3) is 0.125. The zero-order chi connectivity index (χ0) is 12.8. The van der Waals surface area contributed by atoms with E-state index in [1.807, 2.05) is 0 Å². The smallest absolute Gasteiger partial charge is 0.0513 e. The minimum atomic E-state index is 0.959. The van der Waals surface area contributed by atoms with E-state index in [2.05, 4.69) is 74.3 Å². The molecule has 0 aliphatic carbocycles. The summed E-state index contributed by atoms with van der Waals surface area (Å²) in [5.41, 5.74) is 5.09. The second kappa shape index (κ2) is 4.14. The lowest BCUT2D eigenvalue weighted by molar-refractivity contribution is 0.773. The van der Waals surface area contributed by atoms with Crippen LogP contribution in [0.3, 0.4) is 0 Å². The van der Waals surface area contributed by atoms with Crippen molar-refractivity contribution >= 4 is 32.5 Å². The van der Waals surface area contributed by atoms with Crippen molar-refractivity contribution in [2.45, 2.75) is 6.54 Å². The summed E-state index contributed by atoms with van der Waals surface area (Å²) in [6.07, 6.45) is 0. The quantitative estimate of drug-likeness (QED) is 0.647. The summed E-state index contributed by atoms with van der Waals surface area (Å²) in [4.78, 5) is 0. The average molecular weight is 313 g/mol. The van der Waals surface area contributed by atoms with Crippen molar-refractivity contribution in [3.8, 4) is 11.3 Å². The van der Waals surface area contributed by atoms with Crippen molar-refractivity contribution in [1.29, 1.82) is 0 Å². The molecule has 1 aliphatic rings. The maximum absolute atomic E-state index is 3.57. The lowest BCUT2D eigenvalue weighted by Crippen LogP contribution is -2.07. The summed E-state index contributed by atoms with van der Waals surface area (Å²) in [6.45, 7) is 1.95. The minimum Gasteiger partial charge on any atom is -0.383 e. The monoisotopic (exact) mass is 312 g/mol. The third-order valence-electron chi connectivity index (χ3n) is 3.72. The van der Waals surface area contributed by atoms with Crippen LogP contribution in [-0.4, -0.2) is 11.1 Å². The van der Waals surface area contributed by atoms with E-state index in [-0.39, 0.29) is 0 Å². The summed E-state index contributed by atoms with van der Waals surface area (Å²) >= 11 is 3.57. The largest absolute Gasteiger partial charge is 0.383 e. The Morgan fingerprint density at radius 1 is 1.05 bits per heavy atom. The molecule has 3 heteroatoms. The number of anilines is 1. The number of fused-ring (bicyclic) bond motifs is 5. The first-order chi connectivity index (χ1) is 9.33. The highest BCUT2D eigenvalue weighted by Crippen LogP contribution is 2.36. The average Bonchev–Trinajstić information content (AvgIpc) is 2.70. The van der Waals surface area contributed by atoms with E-state index in [9.17, 15) is 0 Å². The Bertz CT molecular complexity index is 774. The number of hydrogen-bond donors (Lipinski definition) is 1. The van der Waals surface area contributed by atoms with Gasteiger partial charge < -0.3 is 9.88 Å². The summed E-state index contributed by atoms with van der Waals surface area (Å²) in [6, 6.07) is 17.3. The predicted molar refractivity (Wildman–Crippen MR) is 83.6 cm³/mol. The number of hydrogen-bond acceptors (Lipinski definition) is 1. The second-order valence-corrected chi connectivity index (χ2v) is 5.77. The number of rotatable bonds is 0. The van der Waals surface area contributed by atoms with Gasteiger partial charge in [-0.3, -0.25) is 0 Å². The SMILES string of the molecule is Brc1ccc2c(c1)-c1cc3ccccc3n1CCN2. The molecule has 0 fully saturated rings. The van der Waals surface area contributed by atoms with Crippen LogP contribution in [-0.2, 0) is 6.54 Å². The normalized spacial score (nSPS) is 13.5. The van der Waals surface area contributed by atoms with Crippen LogP contribution in [0.5, 0.6) is 0 Å². The van der Waals surface area contributed by atoms with Crippen LogP contribution in [0.15, 0.2) is 53.0 Å². The van der Waals surface area contributed by atoms with E-state index in [1.165, 1.54) is 27.8 Å². The maximum Gasteiger partial charge on any atom is 0.0513 e. The van der Waals surface area contributed by atoms with Gasteiger partial charge in [0.2, 0.25) is 0 Å². The number of nitrogens with zero attached hydrogens (tertiary/aromatic N) is 1. The topological polar surface area (TPSA) is 17.0 Å². The number of para-hydroxylation sites is 1. The van der Waals surface area contributed by atoms with Crippen molar-refractivity contribution in [3.63, 3.8) is 0 Å². The van der Waals surface area contributed by atoms with E-state index < -0.39 is 0 Å². The Balaban J connectivity index is 2.08. The highest BCUT2D eigenvalue weighted by molar-refractivity contribution is 9.10. The Hall–Kier alpha value is -1.74. The minimum absolute atomic E-state index is 0.959. The molecule has 0 bridgehead atoms. The maximum atomic E-state index is 3.57. The molecule has 0 unspecified atom stereocenters. The number of halogens is 1. The molecule has 0 saturated carbocycles. The molecule has 0 spiro atoms. The first kappa shape index (κ1) is 11.1. The predicted octanol–water partition coefficient (Wildman–Crippen LogP) is 4.50. The van der Waals surface area contributed by atoms with Crippen LogP contribution in [0.2, 0.25) is 0 Å². The Labute approximate surface area is 120 Å². The van der Waals surface area contributed by atoms with Gasteiger partial charge in [0.25, 0.3) is 0 Å². The van der Waals surface area contributed by atoms with Gasteiger partial charge in [0.1, 0.15) is 0 Å². The van der Waals surface area contributed by atoms with E-state index >= 15 is 0 Å². The van der Waals surface area contributed by atoms with Crippen LogP contribution < -0.4 is 5.32 Å². The van der Waals surface area contributed by atoms with Crippen molar-refractivity contribution < 1.29 is 0 Å². The Kier molecular flexibility index (Phi) is 2.42. The highest BCUT2D eigenvalue weighted by Gasteiger charge is 2.16.